The van der Waals surface area contributed by atoms with Crippen molar-refractivity contribution >= 4 is 0 Å². The summed E-state index contributed by atoms with van der Waals surface area (Å²) in [5, 5.41) is 10.2. The quantitative estimate of drug-likeness (QED) is 0.671. The van der Waals surface area contributed by atoms with Crippen LogP contribution < -0.4 is 17.2 Å². The molecule has 0 aliphatic carbocycles. The predicted molar refractivity (Wildman–Crippen MR) is 79.7 cm³/mol. The molecule has 0 atom stereocenters. The van der Waals surface area contributed by atoms with E-state index in [2.05, 4.69) is 0 Å². The van der Waals surface area contributed by atoms with Gasteiger partial charge in [0.25, 0.3) is 0 Å². The summed E-state index contributed by atoms with van der Waals surface area (Å²) in [5.41, 5.74) is 19.2. The highest BCUT2D eigenvalue weighted by Crippen LogP contribution is 2.37. The van der Waals surface area contributed by atoms with Gasteiger partial charge >= 0.3 is 0 Å². The third-order valence-electron chi connectivity index (χ3n) is 3.22. The van der Waals surface area contributed by atoms with Gasteiger partial charge in [-0.05, 0) is 64.8 Å². The molecule has 0 fully saturated rings. The van der Waals surface area contributed by atoms with Crippen LogP contribution in [0.2, 0.25) is 0 Å². The zero-order chi connectivity index (χ0) is 15.2. The topological polar surface area (TPSA) is 98.3 Å². The van der Waals surface area contributed by atoms with Gasteiger partial charge in [0.15, 0.2) is 0 Å². The zero-order valence-electron chi connectivity index (χ0n) is 12.8. The van der Waals surface area contributed by atoms with Crippen molar-refractivity contribution in [3.05, 3.63) is 28.8 Å². The largest absolute Gasteiger partial charge is 0.508 e. The maximum absolute atomic E-state index is 10.2. The highest BCUT2D eigenvalue weighted by Gasteiger charge is 2.30. The Balaban J connectivity index is 3.66. The third-order valence-corrected chi connectivity index (χ3v) is 3.22. The number of rotatable bonds is 3. The Morgan fingerprint density at radius 1 is 0.684 bits per heavy atom. The number of hydrogen-bond donors (Lipinski definition) is 4. The number of aromatic hydroxyl groups is 1. The molecule has 0 aliphatic rings. The minimum Gasteiger partial charge on any atom is -0.508 e. The van der Waals surface area contributed by atoms with Gasteiger partial charge in [0, 0.05) is 22.2 Å². The van der Waals surface area contributed by atoms with Crippen LogP contribution in [-0.4, -0.2) is 5.11 Å². The van der Waals surface area contributed by atoms with Gasteiger partial charge < -0.3 is 22.3 Å². The summed E-state index contributed by atoms with van der Waals surface area (Å²) in [7, 11) is 0. The van der Waals surface area contributed by atoms with Crippen LogP contribution in [0.5, 0.6) is 5.75 Å². The molecule has 1 aromatic carbocycles. The van der Waals surface area contributed by atoms with Crippen molar-refractivity contribution in [1.82, 2.24) is 0 Å². The number of phenols is 1. The van der Waals surface area contributed by atoms with Crippen LogP contribution in [0.4, 0.5) is 0 Å². The molecule has 108 valence electrons. The van der Waals surface area contributed by atoms with Gasteiger partial charge in [-0.1, -0.05) is 0 Å². The van der Waals surface area contributed by atoms with Crippen molar-refractivity contribution < 1.29 is 5.11 Å². The summed E-state index contributed by atoms with van der Waals surface area (Å²) >= 11 is 0. The van der Waals surface area contributed by atoms with Crippen LogP contribution in [-0.2, 0) is 16.6 Å². The van der Waals surface area contributed by atoms with Gasteiger partial charge in [0.1, 0.15) is 5.75 Å². The van der Waals surface area contributed by atoms with Crippen LogP contribution in [0.1, 0.15) is 58.2 Å². The Morgan fingerprint density at radius 2 is 1.00 bits per heavy atom. The molecular weight excluding hydrogens is 238 g/mol. The number of hydrogen-bond acceptors (Lipinski definition) is 4. The van der Waals surface area contributed by atoms with Crippen molar-refractivity contribution in [3.8, 4) is 5.75 Å². The normalized spacial score (nSPS) is 13.7. The first-order chi connectivity index (χ1) is 8.24. The SMILES string of the molecule is CC(C)(N)c1cc(C(C)(C)N)c(C(C)(C)N)cc1O. The molecule has 4 nitrogen and oxygen atoms in total. The van der Waals surface area contributed by atoms with Crippen LogP contribution in [0, 0.1) is 0 Å². The van der Waals surface area contributed by atoms with Crippen molar-refractivity contribution in [2.45, 2.75) is 58.2 Å². The van der Waals surface area contributed by atoms with Gasteiger partial charge in [-0.3, -0.25) is 0 Å². The van der Waals surface area contributed by atoms with Crippen LogP contribution >= 0.6 is 0 Å². The molecule has 0 amide bonds. The smallest absolute Gasteiger partial charge is 0.120 e. The first kappa shape index (κ1) is 16.0. The third kappa shape index (κ3) is 3.47. The van der Waals surface area contributed by atoms with E-state index in [0.717, 1.165) is 11.1 Å². The van der Waals surface area contributed by atoms with Gasteiger partial charge in [-0.25, -0.2) is 0 Å². The Labute approximate surface area is 116 Å². The summed E-state index contributed by atoms with van der Waals surface area (Å²) in [4.78, 5) is 0. The molecule has 7 N–H and O–H groups in total. The molecule has 0 aliphatic heterocycles. The number of phenolic OH excluding ortho intramolecular Hbond substituents is 1. The molecule has 0 radical (unpaired) electrons. The highest BCUT2D eigenvalue weighted by molar-refractivity contribution is 5.49. The molecule has 0 spiro atoms. The van der Waals surface area contributed by atoms with Gasteiger partial charge in [0.2, 0.25) is 0 Å². The predicted octanol–water partition coefficient (Wildman–Crippen LogP) is 1.97. The van der Waals surface area contributed by atoms with E-state index < -0.39 is 16.6 Å². The second-order valence-electron chi connectivity index (χ2n) is 7.08. The average molecular weight is 265 g/mol. The highest BCUT2D eigenvalue weighted by atomic mass is 16.3. The molecule has 19 heavy (non-hydrogen) atoms. The Morgan fingerprint density at radius 3 is 1.32 bits per heavy atom. The van der Waals surface area contributed by atoms with Crippen LogP contribution in [0.15, 0.2) is 12.1 Å². The van der Waals surface area contributed by atoms with E-state index in [1.54, 1.807) is 6.07 Å². The van der Waals surface area contributed by atoms with E-state index in [1.165, 1.54) is 0 Å². The van der Waals surface area contributed by atoms with E-state index >= 15 is 0 Å². The zero-order valence-corrected chi connectivity index (χ0v) is 12.8. The second-order valence-corrected chi connectivity index (χ2v) is 7.08. The van der Waals surface area contributed by atoms with Gasteiger partial charge in [-0.15, -0.1) is 0 Å². The maximum atomic E-state index is 10.2. The van der Waals surface area contributed by atoms with E-state index in [9.17, 15) is 5.11 Å². The summed E-state index contributed by atoms with van der Waals surface area (Å²) in [6.07, 6.45) is 0. The monoisotopic (exact) mass is 265 g/mol. The Hall–Kier alpha value is -1.10. The first-order valence-electron chi connectivity index (χ1n) is 6.49. The van der Waals surface area contributed by atoms with Crippen LogP contribution in [0.25, 0.3) is 0 Å². The minimum absolute atomic E-state index is 0.161. The molecule has 0 saturated heterocycles. The summed E-state index contributed by atoms with van der Waals surface area (Å²) < 4.78 is 0. The fraction of sp³-hybridized carbons (Fsp3) is 0.600. The van der Waals surface area contributed by atoms with Gasteiger partial charge in [-0.2, -0.15) is 0 Å². The lowest BCUT2D eigenvalue weighted by atomic mass is 9.79. The Kier molecular flexibility index (Phi) is 3.76. The maximum Gasteiger partial charge on any atom is 0.120 e. The standard InChI is InChI=1S/C15H27N3O/c1-13(2,16)9-7-11(15(5,6)18)12(19)8-10(9)14(3,4)17/h7-8,19H,16-18H2,1-6H3. The fourth-order valence-corrected chi connectivity index (χ4v) is 2.17. The lowest BCUT2D eigenvalue weighted by Gasteiger charge is -2.32. The van der Waals surface area contributed by atoms with Crippen molar-refractivity contribution in [2.75, 3.05) is 0 Å². The van der Waals surface area contributed by atoms with E-state index in [4.69, 9.17) is 17.2 Å². The van der Waals surface area contributed by atoms with Crippen molar-refractivity contribution in [1.29, 1.82) is 0 Å². The van der Waals surface area contributed by atoms with Crippen LogP contribution in [0.3, 0.4) is 0 Å². The lowest BCUT2D eigenvalue weighted by molar-refractivity contribution is 0.429. The molecule has 1 rings (SSSR count). The second kappa shape index (κ2) is 4.47. The van der Waals surface area contributed by atoms with Crippen molar-refractivity contribution in [3.63, 3.8) is 0 Å². The minimum atomic E-state index is -0.638. The van der Waals surface area contributed by atoms with Gasteiger partial charge in [0.05, 0.1) is 0 Å². The summed E-state index contributed by atoms with van der Waals surface area (Å²) in [6.45, 7) is 11.3. The lowest BCUT2D eigenvalue weighted by Crippen LogP contribution is -2.38. The molecule has 4 heteroatoms. The summed E-state index contributed by atoms with van der Waals surface area (Å²) in [5.74, 6) is 0.161. The Bertz CT molecular complexity index is 474. The number of nitrogens with two attached hydrogens (primary N) is 3. The van der Waals surface area contributed by atoms with E-state index in [1.807, 2.05) is 47.6 Å². The fourth-order valence-electron chi connectivity index (χ4n) is 2.17. The first-order valence-corrected chi connectivity index (χ1v) is 6.49. The van der Waals surface area contributed by atoms with E-state index in [-0.39, 0.29) is 5.75 Å². The number of benzene rings is 1. The molecule has 0 heterocycles. The molecular formula is C15H27N3O. The molecule has 0 unspecified atom stereocenters. The molecule has 0 aromatic heterocycles. The van der Waals surface area contributed by atoms with Crippen molar-refractivity contribution in [2.24, 2.45) is 17.2 Å². The molecule has 0 bridgehead atoms. The molecule has 0 saturated carbocycles. The summed E-state index contributed by atoms with van der Waals surface area (Å²) in [6, 6.07) is 3.56. The van der Waals surface area contributed by atoms with E-state index in [0.29, 0.717) is 5.56 Å². The average Bonchev–Trinajstić information content (AvgIpc) is 2.11. The molecule has 1 aromatic rings.